The zero-order valence-electron chi connectivity index (χ0n) is 20.8. The highest BCUT2D eigenvalue weighted by molar-refractivity contribution is 6.35. The Labute approximate surface area is 207 Å². The molecule has 2 aromatic carbocycles. The van der Waals surface area contributed by atoms with Crippen molar-refractivity contribution in [1.29, 1.82) is 0 Å². The van der Waals surface area contributed by atoms with Crippen LogP contribution < -0.4 is 10.2 Å². The average molecular weight is 466 g/mol. The number of carbonyl (C=O) groups excluding carboxylic acids is 1. The summed E-state index contributed by atoms with van der Waals surface area (Å²) in [5.74, 6) is 0.955. The van der Waals surface area contributed by atoms with Gasteiger partial charge in [0.1, 0.15) is 5.82 Å². The van der Waals surface area contributed by atoms with Gasteiger partial charge >= 0.3 is 0 Å². The van der Waals surface area contributed by atoms with E-state index in [9.17, 15) is 4.79 Å². The summed E-state index contributed by atoms with van der Waals surface area (Å²) in [6.07, 6.45) is 3.89. The number of likely N-dealkylation sites (N-methyl/N-ethyl adjacent to an activating group) is 1. The van der Waals surface area contributed by atoms with Gasteiger partial charge < -0.3 is 15.1 Å². The number of aromatic nitrogens is 1. The minimum absolute atomic E-state index is 0.0605. The maximum atomic E-state index is 12.6. The van der Waals surface area contributed by atoms with E-state index in [1.54, 1.807) is 0 Å². The van der Waals surface area contributed by atoms with E-state index in [-0.39, 0.29) is 5.91 Å². The van der Waals surface area contributed by atoms with Crippen molar-refractivity contribution in [2.24, 2.45) is 4.99 Å². The third-order valence-corrected chi connectivity index (χ3v) is 6.85. The van der Waals surface area contributed by atoms with Crippen LogP contribution in [-0.2, 0) is 4.79 Å². The number of fused-ring (bicyclic) bond motifs is 1. The molecule has 1 N–H and O–H groups in total. The summed E-state index contributed by atoms with van der Waals surface area (Å²) in [4.78, 5) is 26.6. The molecule has 0 bridgehead atoms. The maximum absolute atomic E-state index is 12.6. The largest absolute Gasteiger partial charge is 0.354 e. The van der Waals surface area contributed by atoms with Gasteiger partial charge in [-0.15, -0.1) is 0 Å². The molecule has 0 atom stereocenters. The molecule has 6 nitrogen and oxygen atoms in total. The molecule has 3 heterocycles. The SMILES string of the molecule is CN=C(c1ccc(N2CCN(C)CC2)nc1)c1ccc(/C=C2/C(=O)Nc3ccc(C)cc32)cc1C. The Hall–Kier alpha value is -3.77. The number of nitrogens with one attached hydrogen (secondary N) is 1. The number of piperazine rings is 1. The van der Waals surface area contributed by atoms with Crippen LogP contribution in [0.3, 0.4) is 0 Å². The van der Waals surface area contributed by atoms with Gasteiger partial charge in [0, 0.05) is 67.4 Å². The standard InChI is InChI=1S/C29H31N5O/c1-19-5-9-26-24(15-19)25(29(35)32-26)17-21-6-8-23(20(2)16-21)28(30-3)22-7-10-27(31-18-22)34-13-11-33(4)12-14-34/h5-10,15-18H,11-14H2,1-4H3,(H,32,35)/b25-17+,30-28?. The van der Waals surface area contributed by atoms with Crippen LogP contribution in [0.4, 0.5) is 11.5 Å². The monoisotopic (exact) mass is 465 g/mol. The zero-order valence-corrected chi connectivity index (χ0v) is 20.8. The number of carbonyl (C=O) groups is 1. The molecule has 3 aromatic rings. The molecule has 35 heavy (non-hydrogen) atoms. The normalized spacial score (nSPS) is 17.6. The molecule has 1 saturated heterocycles. The Morgan fingerprint density at radius 2 is 1.83 bits per heavy atom. The lowest BCUT2D eigenvalue weighted by molar-refractivity contribution is -0.110. The Kier molecular flexibility index (Phi) is 6.22. The molecule has 178 valence electrons. The Bertz CT molecular complexity index is 1330. The molecule has 5 rings (SSSR count). The molecule has 1 amide bonds. The molecule has 1 aromatic heterocycles. The topological polar surface area (TPSA) is 60.8 Å². The highest BCUT2D eigenvalue weighted by Gasteiger charge is 2.24. The fourth-order valence-corrected chi connectivity index (χ4v) is 4.81. The van der Waals surface area contributed by atoms with E-state index in [1.165, 1.54) is 0 Å². The summed E-state index contributed by atoms with van der Waals surface area (Å²) in [6.45, 7) is 8.23. The quantitative estimate of drug-likeness (QED) is 0.458. The van der Waals surface area contributed by atoms with Crippen LogP contribution in [0.2, 0.25) is 0 Å². The van der Waals surface area contributed by atoms with E-state index < -0.39 is 0 Å². The summed E-state index contributed by atoms with van der Waals surface area (Å²) >= 11 is 0. The van der Waals surface area contributed by atoms with E-state index >= 15 is 0 Å². The van der Waals surface area contributed by atoms with Crippen molar-refractivity contribution in [2.45, 2.75) is 13.8 Å². The van der Waals surface area contributed by atoms with E-state index in [0.717, 1.165) is 76.8 Å². The van der Waals surface area contributed by atoms with Gasteiger partial charge in [-0.25, -0.2) is 4.98 Å². The summed E-state index contributed by atoms with van der Waals surface area (Å²) in [6, 6.07) is 16.5. The number of amides is 1. The third kappa shape index (κ3) is 4.62. The second-order valence-corrected chi connectivity index (χ2v) is 9.40. The number of aryl methyl sites for hydroxylation is 2. The predicted octanol–water partition coefficient (Wildman–Crippen LogP) is 4.41. The van der Waals surface area contributed by atoms with Crippen LogP contribution in [0.15, 0.2) is 59.7 Å². The molecule has 2 aliphatic heterocycles. The molecular weight excluding hydrogens is 434 g/mol. The van der Waals surface area contributed by atoms with E-state index in [2.05, 4.69) is 64.4 Å². The highest BCUT2D eigenvalue weighted by atomic mass is 16.2. The van der Waals surface area contributed by atoms with Crippen molar-refractivity contribution >= 4 is 34.8 Å². The second-order valence-electron chi connectivity index (χ2n) is 9.40. The molecule has 0 radical (unpaired) electrons. The fraction of sp³-hybridized carbons (Fsp3) is 0.276. The summed E-state index contributed by atoms with van der Waals surface area (Å²) in [5, 5.41) is 2.96. The molecule has 0 unspecified atom stereocenters. The van der Waals surface area contributed by atoms with Gasteiger partial charge in [0.15, 0.2) is 0 Å². The zero-order chi connectivity index (χ0) is 24.5. The molecule has 0 spiro atoms. The number of anilines is 2. The smallest absolute Gasteiger partial charge is 0.256 e. The molecule has 1 fully saturated rings. The third-order valence-electron chi connectivity index (χ3n) is 6.85. The second kappa shape index (κ2) is 9.47. The molecule has 0 aliphatic carbocycles. The molecular formula is C29H31N5O. The van der Waals surface area contributed by atoms with Crippen LogP contribution in [0.25, 0.3) is 11.6 Å². The number of hydrogen-bond donors (Lipinski definition) is 1. The van der Waals surface area contributed by atoms with Crippen molar-refractivity contribution < 1.29 is 4.79 Å². The van der Waals surface area contributed by atoms with Crippen LogP contribution in [0, 0.1) is 13.8 Å². The van der Waals surface area contributed by atoms with Gasteiger partial charge in [0.25, 0.3) is 5.91 Å². The number of aliphatic imine (C=N–C) groups is 1. The minimum Gasteiger partial charge on any atom is -0.354 e. The molecule has 6 heteroatoms. The summed E-state index contributed by atoms with van der Waals surface area (Å²) < 4.78 is 0. The lowest BCUT2D eigenvalue weighted by atomic mass is 9.95. The number of rotatable bonds is 4. The first kappa shape index (κ1) is 23.0. The van der Waals surface area contributed by atoms with Gasteiger partial charge in [-0.3, -0.25) is 9.79 Å². The fourth-order valence-electron chi connectivity index (χ4n) is 4.81. The van der Waals surface area contributed by atoms with Gasteiger partial charge in [-0.1, -0.05) is 29.8 Å². The lowest BCUT2D eigenvalue weighted by Crippen LogP contribution is -2.44. The predicted molar refractivity (Wildman–Crippen MR) is 144 cm³/mol. The van der Waals surface area contributed by atoms with Crippen molar-refractivity contribution in [1.82, 2.24) is 9.88 Å². The van der Waals surface area contributed by atoms with Gasteiger partial charge in [-0.2, -0.15) is 0 Å². The summed E-state index contributed by atoms with van der Waals surface area (Å²) in [5.41, 5.74) is 8.73. The van der Waals surface area contributed by atoms with Crippen LogP contribution >= 0.6 is 0 Å². The first-order valence-electron chi connectivity index (χ1n) is 12.0. The van der Waals surface area contributed by atoms with Crippen LogP contribution in [-0.4, -0.2) is 61.8 Å². The summed E-state index contributed by atoms with van der Waals surface area (Å²) in [7, 11) is 3.98. The first-order chi connectivity index (χ1) is 16.9. The van der Waals surface area contributed by atoms with Gasteiger partial charge in [0.2, 0.25) is 0 Å². The molecule has 0 saturated carbocycles. The Morgan fingerprint density at radius 1 is 1.03 bits per heavy atom. The van der Waals surface area contributed by atoms with Crippen LogP contribution in [0.1, 0.15) is 33.4 Å². The minimum atomic E-state index is -0.0605. The van der Waals surface area contributed by atoms with Crippen molar-refractivity contribution in [2.75, 3.05) is 50.5 Å². The lowest BCUT2D eigenvalue weighted by Gasteiger charge is -2.33. The van der Waals surface area contributed by atoms with Gasteiger partial charge in [0.05, 0.1) is 5.71 Å². The molecule has 2 aliphatic rings. The average Bonchev–Trinajstić information content (AvgIpc) is 3.16. The Balaban J connectivity index is 1.40. The number of pyridine rings is 1. The van der Waals surface area contributed by atoms with Gasteiger partial charge in [-0.05, 0) is 62.4 Å². The van der Waals surface area contributed by atoms with Crippen LogP contribution in [0.5, 0.6) is 0 Å². The van der Waals surface area contributed by atoms with Crippen molar-refractivity contribution in [3.05, 3.63) is 88.1 Å². The van der Waals surface area contributed by atoms with Crippen molar-refractivity contribution in [3.63, 3.8) is 0 Å². The maximum Gasteiger partial charge on any atom is 0.256 e. The van der Waals surface area contributed by atoms with E-state index in [0.29, 0.717) is 5.57 Å². The van der Waals surface area contributed by atoms with E-state index in [1.807, 2.05) is 44.4 Å². The number of hydrogen-bond acceptors (Lipinski definition) is 5. The highest BCUT2D eigenvalue weighted by Crippen LogP contribution is 2.34. The number of nitrogens with zero attached hydrogens (tertiary/aromatic N) is 4. The number of benzene rings is 2. The first-order valence-corrected chi connectivity index (χ1v) is 12.0. The Morgan fingerprint density at radius 3 is 2.51 bits per heavy atom. The van der Waals surface area contributed by atoms with E-state index in [4.69, 9.17) is 4.98 Å². The van der Waals surface area contributed by atoms with Crippen molar-refractivity contribution in [3.8, 4) is 0 Å².